The largest absolute Gasteiger partial charge is 0.384 e. The molecule has 19 heavy (non-hydrogen) atoms. The maximum absolute atomic E-state index is 12.0. The smallest absolute Gasteiger partial charge is 0.242 e. The van der Waals surface area contributed by atoms with Gasteiger partial charge in [0.15, 0.2) is 0 Å². The number of anilines is 1. The summed E-state index contributed by atoms with van der Waals surface area (Å²) < 4.78 is 37.4. The Balaban J connectivity index is 2.76. The summed E-state index contributed by atoms with van der Waals surface area (Å²) in [4.78, 5) is 0.245. The van der Waals surface area contributed by atoms with Gasteiger partial charge in [-0.05, 0) is 18.6 Å². The maximum atomic E-state index is 12.0. The van der Waals surface area contributed by atoms with Crippen LogP contribution in [0.2, 0.25) is 0 Å². The van der Waals surface area contributed by atoms with Crippen molar-refractivity contribution in [3.05, 3.63) is 24.3 Å². The molecule has 0 aliphatic heterocycles. The van der Waals surface area contributed by atoms with Crippen molar-refractivity contribution >= 4 is 26.5 Å². The number of nitrogens with one attached hydrogen (secondary N) is 2. The van der Waals surface area contributed by atoms with Crippen molar-refractivity contribution in [1.29, 1.82) is 0 Å². The Labute approximate surface area is 117 Å². The van der Waals surface area contributed by atoms with E-state index in [1.54, 1.807) is 37.4 Å². The number of benzene rings is 1. The number of hydrogen-bond donors (Lipinski definition) is 2. The molecular formula is C12H20N2O3S2. The van der Waals surface area contributed by atoms with Crippen molar-refractivity contribution in [2.45, 2.75) is 18.2 Å². The number of sulfonamides is 1. The molecule has 5 nitrogen and oxygen atoms in total. The van der Waals surface area contributed by atoms with Crippen molar-refractivity contribution < 1.29 is 12.6 Å². The molecule has 0 saturated carbocycles. The highest BCUT2D eigenvalue weighted by molar-refractivity contribution is 7.89. The van der Waals surface area contributed by atoms with Gasteiger partial charge in [-0.3, -0.25) is 4.21 Å². The molecule has 0 aliphatic rings. The predicted molar refractivity (Wildman–Crippen MR) is 79.3 cm³/mol. The lowest BCUT2D eigenvalue weighted by atomic mass is 10.3. The van der Waals surface area contributed by atoms with E-state index >= 15 is 0 Å². The maximum Gasteiger partial charge on any atom is 0.242 e. The van der Waals surface area contributed by atoms with Crippen LogP contribution in [0.15, 0.2) is 29.2 Å². The predicted octanol–water partition coefficient (Wildman–Crippen LogP) is 1.17. The van der Waals surface area contributed by atoms with E-state index in [1.165, 1.54) is 0 Å². The van der Waals surface area contributed by atoms with Crippen LogP contribution in [0.5, 0.6) is 0 Å². The van der Waals surface area contributed by atoms with Gasteiger partial charge in [-0.15, -0.1) is 0 Å². The summed E-state index contributed by atoms with van der Waals surface area (Å²) in [6.45, 7) is 2.69. The minimum absolute atomic E-state index is 0.245. The number of para-hydroxylation sites is 1. The minimum Gasteiger partial charge on any atom is -0.384 e. The molecule has 0 bridgehead atoms. The lowest BCUT2D eigenvalue weighted by Gasteiger charge is -2.12. The SMILES string of the molecule is CCNS(=O)(=O)c1ccccc1NCCCS(C)=O. The molecule has 1 aromatic carbocycles. The second-order valence-corrected chi connectivity index (χ2v) is 7.35. The Hall–Kier alpha value is -0.920. The average molecular weight is 304 g/mol. The van der Waals surface area contributed by atoms with Gasteiger partial charge in [-0.25, -0.2) is 13.1 Å². The standard InChI is InChI=1S/C12H20N2O3S2/c1-3-14-19(16,17)12-8-5-4-7-11(12)13-9-6-10-18(2)15/h4-5,7-8,13-14H,3,6,9-10H2,1-2H3. The first kappa shape index (κ1) is 16.1. The molecule has 1 atom stereocenters. The van der Waals surface area contributed by atoms with Crippen molar-refractivity contribution in [3.8, 4) is 0 Å². The van der Waals surface area contributed by atoms with E-state index in [4.69, 9.17) is 0 Å². The van der Waals surface area contributed by atoms with E-state index in [1.807, 2.05) is 0 Å². The monoisotopic (exact) mass is 304 g/mol. The summed E-state index contributed by atoms with van der Waals surface area (Å²) in [5, 5.41) is 3.08. The van der Waals surface area contributed by atoms with Crippen molar-refractivity contribution in [2.75, 3.05) is 30.4 Å². The van der Waals surface area contributed by atoms with Gasteiger partial charge in [0.25, 0.3) is 0 Å². The second kappa shape index (κ2) is 7.62. The summed E-state index contributed by atoms with van der Waals surface area (Å²) in [7, 11) is -4.29. The van der Waals surface area contributed by atoms with Crippen LogP contribution >= 0.6 is 0 Å². The molecule has 0 radical (unpaired) electrons. The molecule has 1 aromatic rings. The summed E-state index contributed by atoms with van der Waals surface area (Å²) in [6, 6.07) is 6.77. The first-order valence-electron chi connectivity index (χ1n) is 6.10. The second-order valence-electron chi connectivity index (χ2n) is 4.06. The summed E-state index contributed by atoms with van der Waals surface area (Å²) in [6.07, 6.45) is 2.39. The Morgan fingerprint density at radius 3 is 2.58 bits per heavy atom. The third kappa shape index (κ3) is 5.30. The van der Waals surface area contributed by atoms with Crippen LogP contribution in [0.4, 0.5) is 5.69 Å². The summed E-state index contributed by atoms with van der Waals surface area (Å²) >= 11 is 0. The Bertz CT molecular complexity index is 530. The van der Waals surface area contributed by atoms with Gasteiger partial charge in [-0.2, -0.15) is 0 Å². The third-order valence-electron chi connectivity index (χ3n) is 2.43. The van der Waals surface area contributed by atoms with Crippen LogP contribution in [0.3, 0.4) is 0 Å². The fourth-order valence-corrected chi connectivity index (χ4v) is 3.39. The molecule has 1 unspecified atom stereocenters. The van der Waals surface area contributed by atoms with Crippen LogP contribution in [0, 0.1) is 0 Å². The third-order valence-corrected chi connectivity index (χ3v) is 4.90. The first-order valence-corrected chi connectivity index (χ1v) is 9.31. The fraction of sp³-hybridized carbons (Fsp3) is 0.500. The molecule has 0 aliphatic carbocycles. The molecule has 7 heteroatoms. The van der Waals surface area contributed by atoms with E-state index in [0.717, 1.165) is 6.42 Å². The highest BCUT2D eigenvalue weighted by Gasteiger charge is 2.16. The van der Waals surface area contributed by atoms with E-state index in [0.29, 0.717) is 24.5 Å². The average Bonchev–Trinajstić information content (AvgIpc) is 2.35. The molecule has 1 rings (SSSR count). The van der Waals surface area contributed by atoms with Gasteiger partial charge in [-0.1, -0.05) is 19.1 Å². The molecule has 0 fully saturated rings. The molecule has 0 aromatic heterocycles. The Kier molecular flexibility index (Phi) is 6.47. The minimum atomic E-state index is -3.47. The van der Waals surface area contributed by atoms with Crippen LogP contribution in [-0.4, -0.2) is 37.7 Å². The summed E-state index contributed by atoms with van der Waals surface area (Å²) in [5.41, 5.74) is 0.574. The van der Waals surface area contributed by atoms with Crippen molar-refractivity contribution in [2.24, 2.45) is 0 Å². The lowest BCUT2D eigenvalue weighted by molar-refractivity contribution is 0.584. The van der Waals surface area contributed by atoms with Gasteiger partial charge in [0, 0.05) is 35.9 Å². The fourth-order valence-electron chi connectivity index (χ4n) is 1.61. The van der Waals surface area contributed by atoms with Crippen molar-refractivity contribution in [3.63, 3.8) is 0 Å². The van der Waals surface area contributed by atoms with E-state index in [9.17, 15) is 12.6 Å². The van der Waals surface area contributed by atoms with Crippen LogP contribution < -0.4 is 10.0 Å². The molecule has 0 saturated heterocycles. The van der Waals surface area contributed by atoms with Gasteiger partial charge < -0.3 is 5.32 Å². The number of hydrogen-bond acceptors (Lipinski definition) is 4. The van der Waals surface area contributed by atoms with E-state index in [2.05, 4.69) is 10.0 Å². The summed E-state index contributed by atoms with van der Waals surface area (Å²) in [5.74, 6) is 0.606. The Morgan fingerprint density at radius 2 is 1.95 bits per heavy atom. The number of rotatable bonds is 8. The van der Waals surface area contributed by atoms with E-state index in [-0.39, 0.29) is 4.90 Å². The molecule has 0 heterocycles. The highest BCUT2D eigenvalue weighted by Crippen LogP contribution is 2.20. The zero-order valence-corrected chi connectivity index (χ0v) is 12.8. The lowest BCUT2D eigenvalue weighted by Crippen LogP contribution is -2.24. The molecule has 2 N–H and O–H groups in total. The zero-order chi connectivity index (χ0) is 14.3. The van der Waals surface area contributed by atoms with Gasteiger partial charge in [0.05, 0.1) is 5.69 Å². The van der Waals surface area contributed by atoms with Crippen LogP contribution in [0.25, 0.3) is 0 Å². The molecular weight excluding hydrogens is 284 g/mol. The van der Waals surface area contributed by atoms with Gasteiger partial charge >= 0.3 is 0 Å². The van der Waals surface area contributed by atoms with Crippen LogP contribution in [0.1, 0.15) is 13.3 Å². The Morgan fingerprint density at radius 1 is 1.26 bits per heavy atom. The van der Waals surface area contributed by atoms with Crippen LogP contribution in [-0.2, 0) is 20.8 Å². The molecule has 108 valence electrons. The molecule has 0 spiro atoms. The van der Waals surface area contributed by atoms with Crippen molar-refractivity contribution in [1.82, 2.24) is 4.72 Å². The first-order chi connectivity index (χ1) is 8.97. The normalized spacial score (nSPS) is 13.2. The highest BCUT2D eigenvalue weighted by atomic mass is 32.2. The van der Waals surface area contributed by atoms with Gasteiger partial charge in [0.1, 0.15) is 4.90 Å². The van der Waals surface area contributed by atoms with E-state index < -0.39 is 20.8 Å². The zero-order valence-electron chi connectivity index (χ0n) is 11.2. The van der Waals surface area contributed by atoms with Gasteiger partial charge in [0.2, 0.25) is 10.0 Å². The topological polar surface area (TPSA) is 75.3 Å². The quantitative estimate of drug-likeness (QED) is 0.707. The molecule has 0 amide bonds.